The Morgan fingerprint density at radius 1 is 1.48 bits per heavy atom. The van der Waals surface area contributed by atoms with Gasteiger partial charge in [0.2, 0.25) is 11.8 Å². The lowest BCUT2D eigenvalue weighted by Crippen LogP contribution is -2.37. The normalized spacial score (nSPS) is 23.5. The summed E-state index contributed by atoms with van der Waals surface area (Å²) in [5.41, 5.74) is 5.06. The van der Waals surface area contributed by atoms with E-state index in [1.807, 2.05) is 0 Å². The second kappa shape index (κ2) is 5.51. The standard InChI is InChI=1S/C11H16F3N5O2/c1-18(2)10-16-8(21-17-10)5-19-3-6(9(15)20)7(4-19)11(12,13)14/h6-7H,3-5H2,1-2H3,(H2,15,20)/t6-,7-/m1/s1. The molecule has 0 bridgehead atoms. The van der Waals surface area contributed by atoms with Crippen molar-refractivity contribution in [2.24, 2.45) is 17.6 Å². The average molecular weight is 307 g/mol. The minimum absolute atomic E-state index is 0.0528. The van der Waals surface area contributed by atoms with Crippen LogP contribution in [0, 0.1) is 11.8 Å². The highest BCUT2D eigenvalue weighted by atomic mass is 19.4. The Morgan fingerprint density at radius 2 is 2.14 bits per heavy atom. The molecule has 2 atom stereocenters. The molecule has 2 N–H and O–H groups in total. The molecule has 1 aromatic rings. The maximum absolute atomic E-state index is 12.9. The van der Waals surface area contributed by atoms with E-state index < -0.39 is 23.9 Å². The Kier molecular flexibility index (Phi) is 4.08. The van der Waals surface area contributed by atoms with Gasteiger partial charge >= 0.3 is 6.18 Å². The zero-order chi connectivity index (χ0) is 15.8. The van der Waals surface area contributed by atoms with Gasteiger partial charge in [0.25, 0.3) is 5.95 Å². The topological polar surface area (TPSA) is 88.5 Å². The fraction of sp³-hybridized carbons (Fsp3) is 0.727. The number of carbonyl (C=O) groups is 1. The number of hydrogen-bond acceptors (Lipinski definition) is 6. The number of amides is 1. The number of hydrogen-bond donors (Lipinski definition) is 1. The summed E-state index contributed by atoms with van der Waals surface area (Å²) in [6.45, 7) is -0.326. The van der Waals surface area contributed by atoms with Gasteiger partial charge in [0.1, 0.15) is 0 Å². The van der Waals surface area contributed by atoms with Gasteiger partial charge in [0, 0.05) is 27.2 Å². The van der Waals surface area contributed by atoms with Gasteiger partial charge in [-0.15, -0.1) is 0 Å². The molecule has 0 unspecified atom stereocenters. The Bertz CT molecular complexity index is 516. The van der Waals surface area contributed by atoms with Crippen molar-refractivity contribution < 1.29 is 22.5 Å². The van der Waals surface area contributed by atoms with Crippen LogP contribution in [0.3, 0.4) is 0 Å². The van der Waals surface area contributed by atoms with E-state index in [9.17, 15) is 18.0 Å². The maximum atomic E-state index is 12.9. The van der Waals surface area contributed by atoms with E-state index in [1.54, 1.807) is 19.0 Å². The van der Waals surface area contributed by atoms with Crippen molar-refractivity contribution in [2.45, 2.75) is 12.7 Å². The van der Waals surface area contributed by atoms with E-state index in [2.05, 4.69) is 10.1 Å². The molecule has 10 heteroatoms. The third-order valence-corrected chi connectivity index (χ3v) is 3.40. The number of nitrogens with zero attached hydrogens (tertiary/aromatic N) is 4. The van der Waals surface area contributed by atoms with Gasteiger partial charge in [-0.25, -0.2) is 0 Å². The van der Waals surface area contributed by atoms with Crippen LogP contribution < -0.4 is 10.6 Å². The predicted molar refractivity (Wildman–Crippen MR) is 66.1 cm³/mol. The highest BCUT2D eigenvalue weighted by molar-refractivity contribution is 5.77. The molecule has 1 fully saturated rings. The van der Waals surface area contributed by atoms with Gasteiger partial charge in [-0.3, -0.25) is 9.69 Å². The highest BCUT2D eigenvalue weighted by Crippen LogP contribution is 2.37. The first-order valence-electron chi connectivity index (χ1n) is 6.26. The number of rotatable bonds is 4. The maximum Gasteiger partial charge on any atom is 0.393 e. The molecule has 2 heterocycles. The van der Waals surface area contributed by atoms with Crippen molar-refractivity contribution in [1.82, 2.24) is 15.0 Å². The smallest absolute Gasteiger partial charge is 0.369 e. The molecule has 0 aliphatic carbocycles. The Hall–Kier alpha value is -1.84. The summed E-state index contributed by atoms with van der Waals surface area (Å²) in [4.78, 5) is 18.3. The molecule has 0 spiro atoms. The molecule has 1 aromatic heterocycles. The second-order valence-corrected chi connectivity index (χ2v) is 5.23. The van der Waals surface area contributed by atoms with Gasteiger partial charge in [0.05, 0.1) is 18.4 Å². The molecule has 1 amide bonds. The van der Waals surface area contributed by atoms with Crippen LogP contribution in [0.25, 0.3) is 0 Å². The summed E-state index contributed by atoms with van der Waals surface area (Å²) in [7, 11) is 3.43. The number of anilines is 1. The Morgan fingerprint density at radius 3 is 2.57 bits per heavy atom. The second-order valence-electron chi connectivity index (χ2n) is 5.23. The lowest BCUT2D eigenvalue weighted by molar-refractivity contribution is -0.182. The van der Waals surface area contributed by atoms with E-state index in [0.29, 0.717) is 5.95 Å². The molecule has 118 valence electrons. The summed E-state index contributed by atoms with van der Waals surface area (Å²) in [5.74, 6) is -3.42. The van der Waals surface area contributed by atoms with Crippen molar-refractivity contribution in [2.75, 3.05) is 32.1 Å². The zero-order valence-electron chi connectivity index (χ0n) is 11.6. The minimum atomic E-state index is -4.46. The molecule has 2 rings (SSSR count). The predicted octanol–water partition coefficient (Wildman–Crippen LogP) is 0.231. The minimum Gasteiger partial charge on any atom is -0.369 e. The van der Waals surface area contributed by atoms with Crippen molar-refractivity contribution in [3.8, 4) is 0 Å². The molecule has 0 saturated carbocycles. The molecule has 0 radical (unpaired) electrons. The highest BCUT2D eigenvalue weighted by Gasteiger charge is 2.51. The first-order chi connectivity index (χ1) is 9.68. The van der Waals surface area contributed by atoms with Gasteiger partial charge in [0.15, 0.2) is 0 Å². The number of nitrogens with two attached hydrogens (primary N) is 1. The van der Waals surface area contributed by atoms with Crippen molar-refractivity contribution in [3.63, 3.8) is 0 Å². The number of carbonyl (C=O) groups excluding carboxylic acids is 1. The number of primary amides is 1. The van der Waals surface area contributed by atoms with Crippen molar-refractivity contribution in [3.05, 3.63) is 5.89 Å². The Labute approximate surface area is 118 Å². The van der Waals surface area contributed by atoms with E-state index in [0.717, 1.165) is 0 Å². The Balaban J connectivity index is 2.06. The van der Waals surface area contributed by atoms with Crippen LogP contribution in [-0.2, 0) is 11.3 Å². The van der Waals surface area contributed by atoms with Gasteiger partial charge < -0.3 is 15.2 Å². The van der Waals surface area contributed by atoms with Crippen LogP contribution in [0.4, 0.5) is 19.1 Å². The van der Waals surface area contributed by atoms with Crippen LogP contribution in [0.5, 0.6) is 0 Å². The number of aromatic nitrogens is 2. The SMILES string of the molecule is CN(C)c1noc(CN2C[C@@H](C(F)(F)F)[C@H](C(N)=O)C2)n1. The van der Waals surface area contributed by atoms with E-state index in [-0.39, 0.29) is 25.5 Å². The largest absolute Gasteiger partial charge is 0.393 e. The molecular weight excluding hydrogens is 291 g/mol. The average Bonchev–Trinajstić information content (AvgIpc) is 2.95. The zero-order valence-corrected chi connectivity index (χ0v) is 11.6. The van der Waals surface area contributed by atoms with Crippen LogP contribution in [0.1, 0.15) is 5.89 Å². The number of likely N-dealkylation sites (tertiary alicyclic amines) is 1. The summed E-state index contributed by atoms with van der Waals surface area (Å²) in [5, 5.41) is 3.68. The van der Waals surface area contributed by atoms with Gasteiger partial charge in [-0.1, -0.05) is 0 Å². The molecular formula is C11H16F3N5O2. The van der Waals surface area contributed by atoms with Gasteiger partial charge in [-0.05, 0) is 5.16 Å². The third kappa shape index (κ3) is 3.43. The molecule has 1 aliphatic rings. The monoisotopic (exact) mass is 307 g/mol. The summed E-state index contributed by atoms with van der Waals surface area (Å²) in [6, 6.07) is 0. The van der Waals surface area contributed by atoms with Crippen LogP contribution in [-0.4, -0.2) is 54.3 Å². The first kappa shape index (κ1) is 15.5. The van der Waals surface area contributed by atoms with Crippen LogP contribution in [0.2, 0.25) is 0 Å². The van der Waals surface area contributed by atoms with E-state index in [1.165, 1.54) is 4.90 Å². The first-order valence-corrected chi connectivity index (χ1v) is 6.26. The van der Waals surface area contributed by atoms with E-state index in [4.69, 9.17) is 10.3 Å². The molecule has 1 saturated heterocycles. The summed E-state index contributed by atoms with van der Waals surface area (Å²) < 4.78 is 43.7. The fourth-order valence-electron chi connectivity index (χ4n) is 2.32. The summed E-state index contributed by atoms with van der Waals surface area (Å²) >= 11 is 0. The van der Waals surface area contributed by atoms with Crippen LogP contribution in [0.15, 0.2) is 4.52 Å². The lowest BCUT2D eigenvalue weighted by Gasteiger charge is -2.18. The lowest BCUT2D eigenvalue weighted by atomic mass is 9.95. The molecule has 21 heavy (non-hydrogen) atoms. The van der Waals surface area contributed by atoms with Crippen molar-refractivity contribution in [1.29, 1.82) is 0 Å². The molecule has 0 aromatic carbocycles. The molecule has 1 aliphatic heterocycles. The summed E-state index contributed by atoms with van der Waals surface area (Å²) in [6.07, 6.45) is -4.46. The third-order valence-electron chi connectivity index (χ3n) is 3.40. The van der Waals surface area contributed by atoms with Gasteiger partial charge in [-0.2, -0.15) is 18.2 Å². The number of alkyl halides is 3. The number of halogens is 3. The van der Waals surface area contributed by atoms with E-state index >= 15 is 0 Å². The quantitative estimate of drug-likeness (QED) is 0.857. The fourth-order valence-corrected chi connectivity index (χ4v) is 2.32. The molecule has 7 nitrogen and oxygen atoms in total. The van der Waals surface area contributed by atoms with Crippen molar-refractivity contribution >= 4 is 11.9 Å². The van der Waals surface area contributed by atoms with Crippen LogP contribution >= 0.6 is 0 Å².